The van der Waals surface area contributed by atoms with Crippen molar-refractivity contribution in [2.75, 3.05) is 30.8 Å². The number of rotatable bonds is 9. The van der Waals surface area contributed by atoms with Gasteiger partial charge in [0.1, 0.15) is 29.5 Å². The molecule has 3 aromatic rings. The van der Waals surface area contributed by atoms with Gasteiger partial charge >= 0.3 is 0 Å². The Hall–Kier alpha value is -3.15. The second-order valence-corrected chi connectivity index (χ2v) is 6.05. The minimum absolute atomic E-state index is 0.180. The molecule has 140 valence electrons. The summed E-state index contributed by atoms with van der Waals surface area (Å²) in [5.74, 6) is 2.16. The average Bonchev–Trinajstić information content (AvgIpc) is 2.70. The average molecular weight is 366 g/mol. The molecule has 0 unspecified atom stereocenters. The van der Waals surface area contributed by atoms with E-state index < -0.39 is 0 Å². The van der Waals surface area contributed by atoms with Crippen LogP contribution in [0.25, 0.3) is 0 Å². The fraction of sp³-hybridized carbons (Fsp3) is 0.238. The number of hydrogen-bond acceptors (Lipinski definition) is 5. The molecule has 0 atom stereocenters. The molecule has 0 aliphatic rings. The molecule has 1 aromatic heterocycles. The lowest BCUT2D eigenvalue weighted by atomic mass is 10.1. The lowest BCUT2D eigenvalue weighted by Gasteiger charge is -2.10. The summed E-state index contributed by atoms with van der Waals surface area (Å²) in [7, 11) is 1.68. The van der Waals surface area contributed by atoms with Crippen LogP contribution in [0.4, 0.5) is 16.0 Å². The van der Waals surface area contributed by atoms with Crippen LogP contribution in [0.1, 0.15) is 11.1 Å². The van der Waals surface area contributed by atoms with Crippen LogP contribution < -0.4 is 15.4 Å². The molecular formula is C21H23FN4O. The lowest BCUT2D eigenvalue weighted by Crippen LogP contribution is -2.10. The Bertz CT molecular complexity index is 872. The molecule has 0 aliphatic carbocycles. The van der Waals surface area contributed by atoms with Crippen LogP contribution in [0, 0.1) is 5.82 Å². The summed E-state index contributed by atoms with van der Waals surface area (Å²) in [6.07, 6.45) is 2.92. The quantitative estimate of drug-likeness (QED) is 0.601. The number of para-hydroxylation sites is 1. The predicted molar refractivity (Wildman–Crippen MR) is 106 cm³/mol. The fourth-order valence-corrected chi connectivity index (χ4v) is 2.81. The fourth-order valence-electron chi connectivity index (χ4n) is 2.81. The first-order valence-corrected chi connectivity index (χ1v) is 8.91. The minimum atomic E-state index is -0.180. The molecule has 0 spiro atoms. The van der Waals surface area contributed by atoms with Crippen molar-refractivity contribution in [2.45, 2.75) is 12.8 Å². The number of anilines is 2. The Kier molecular flexibility index (Phi) is 6.57. The van der Waals surface area contributed by atoms with E-state index in [1.807, 2.05) is 30.3 Å². The van der Waals surface area contributed by atoms with E-state index in [2.05, 4.69) is 26.7 Å². The topological polar surface area (TPSA) is 59.1 Å². The first-order chi connectivity index (χ1) is 13.3. The minimum Gasteiger partial charge on any atom is -0.496 e. The van der Waals surface area contributed by atoms with Crippen molar-refractivity contribution in [1.82, 2.24) is 9.97 Å². The molecule has 5 nitrogen and oxygen atoms in total. The molecule has 0 aliphatic heterocycles. The SMILES string of the molecule is COc1ccccc1CCNc1cc(NCCc2ccccc2F)ncn1. The highest BCUT2D eigenvalue weighted by Gasteiger charge is 2.04. The molecule has 0 fully saturated rings. The smallest absolute Gasteiger partial charge is 0.131 e. The van der Waals surface area contributed by atoms with E-state index in [4.69, 9.17) is 4.74 Å². The van der Waals surface area contributed by atoms with E-state index >= 15 is 0 Å². The molecule has 0 saturated heterocycles. The van der Waals surface area contributed by atoms with E-state index in [0.717, 1.165) is 30.1 Å². The number of hydrogen-bond donors (Lipinski definition) is 2. The molecule has 1 heterocycles. The van der Waals surface area contributed by atoms with Gasteiger partial charge in [-0.15, -0.1) is 0 Å². The molecule has 2 aromatic carbocycles. The summed E-state index contributed by atoms with van der Waals surface area (Å²) in [5.41, 5.74) is 1.83. The molecule has 0 bridgehead atoms. The summed E-state index contributed by atoms with van der Waals surface area (Å²) >= 11 is 0. The number of halogens is 1. The molecule has 6 heteroatoms. The van der Waals surface area contributed by atoms with Gasteiger partial charge in [0.05, 0.1) is 7.11 Å². The van der Waals surface area contributed by atoms with Gasteiger partial charge in [-0.3, -0.25) is 0 Å². The van der Waals surface area contributed by atoms with Crippen LogP contribution in [-0.2, 0) is 12.8 Å². The molecule has 0 amide bonds. The Balaban J connectivity index is 1.49. The Morgan fingerprint density at radius 3 is 2.11 bits per heavy atom. The highest BCUT2D eigenvalue weighted by Crippen LogP contribution is 2.18. The van der Waals surface area contributed by atoms with E-state index in [9.17, 15) is 4.39 Å². The third-order valence-electron chi connectivity index (χ3n) is 4.22. The van der Waals surface area contributed by atoms with Gasteiger partial charge in [-0.2, -0.15) is 0 Å². The highest BCUT2D eigenvalue weighted by molar-refractivity contribution is 5.46. The van der Waals surface area contributed by atoms with Crippen molar-refractivity contribution in [3.8, 4) is 5.75 Å². The number of nitrogens with one attached hydrogen (secondary N) is 2. The van der Waals surface area contributed by atoms with Gasteiger partial charge in [-0.25, -0.2) is 14.4 Å². The standard InChI is InChI=1S/C21H23FN4O/c1-27-19-9-5-3-7-17(19)11-13-24-21-14-20(25-15-26-21)23-12-10-16-6-2-4-8-18(16)22/h2-9,14-15H,10-13H2,1H3,(H2,23,24,25,26). The van der Waals surface area contributed by atoms with Crippen LogP contribution in [0.15, 0.2) is 60.9 Å². The maximum absolute atomic E-state index is 13.6. The molecule has 0 saturated carbocycles. The largest absolute Gasteiger partial charge is 0.496 e. The molecular weight excluding hydrogens is 343 g/mol. The van der Waals surface area contributed by atoms with Gasteiger partial charge in [-0.1, -0.05) is 36.4 Å². The van der Waals surface area contributed by atoms with E-state index in [1.165, 1.54) is 12.4 Å². The van der Waals surface area contributed by atoms with Crippen molar-refractivity contribution in [3.05, 3.63) is 77.9 Å². The normalized spacial score (nSPS) is 10.4. The number of aromatic nitrogens is 2. The number of methoxy groups -OCH3 is 1. The van der Waals surface area contributed by atoms with Crippen molar-refractivity contribution in [2.24, 2.45) is 0 Å². The monoisotopic (exact) mass is 366 g/mol. The summed E-state index contributed by atoms with van der Waals surface area (Å²) in [4.78, 5) is 8.45. The van der Waals surface area contributed by atoms with Crippen LogP contribution in [0.5, 0.6) is 5.75 Å². The second kappa shape index (κ2) is 9.52. The third-order valence-corrected chi connectivity index (χ3v) is 4.22. The Labute approximate surface area is 158 Å². The number of ether oxygens (including phenoxy) is 1. The zero-order valence-corrected chi connectivity index (χ0v) is 15.3. The van der Waals surface area contributed by atoms with Gasteiger partial charge in [-0.05, 0) is 36.1 Å². The van der Waals surface area contributed by atoms with E-state index in [-0.39, 0.29) is 5.82 Å². The second-order valence-electron chi connectivity index (χ2n) is 6.05. The van der Waals surface area contributed by atoms with Crippen molar-refractivity contribution in [3.63, 3.8) is 0 Å². The van der Waals surface area contributed by atoms with Gasteiger partial charge in [0.2, 0.25) is 0 Å². The van der Waals surface area contributed by atoms with Crippen LogP contribution in [0.3, 0.4) is 0 Å². The number of nitrogens with zero attached hydrogens (tertiary/aromatic N) is 2. The van der Waals surface area contributed by atoms with Crippen LogP contribution in [-0.4, -0.2) is 30.2 Å². The van der Waals surface area contributed by atoms with Crippen LogP contribution in [0.2, 0.25) is 0 Å². The van der Waals surface area contributed by atoms with Crippen molar-refractivity contribution < 1.29 is 9.13 Å². The van der Waals surface area contributed by atoms with Gasteiger partial charge in [0, 0.05) is 19.2 Å². The summed E-state index contributed by atoms with van der Waals surface area (Å²) < 4.78 is 19.0. The van der Waals surface area contributed by atoms with Gasteiger partial charge in [0.25, 0.3) is 0 Å². The summed E-state index contributed by atoms with van der Waals surface area (Å²) in [6, 6.07) is 16.6. The zero-order chi connectivity index (χ0) is 18.9. The molecule has 3 rings (SSSR count). The van der Waals surface area contributed by atoms with Gasteiger partial charge in [0.15, 0.2) is 0 Å². The van der Waals surface area contributed by atoms with E-state index in [0.29, 0.717) is 24.3 Å². The maximum Gasteiger partial charge on any atom is 0.131 e. The predicted octanol–water partition coefficient (Wildman–Crippen LogP) is 3.93. The first-order valence-electron chi connectivity index (χ1n) is 8.91. The highest BCUT2D eigenvalue weighted by atomic mass is 19.1. The van der Waals surface area contributed by atoms with Gasteiger partial charge < -0.3 is 15.4 Å². The third kappa shape index (κ3) is 5.41. The lowest BCUT2D eigenvalue weighted by molar-refractivity contribution is 0.410. The molecule has 2 N–H and O–H groups in total. The van der Waals surface area contributed by atoms with E-state index in [1.54, 1.807) is 19.2 Å². The maximum atomic E-state index is 13.6. The van der Waals surface area contributed by atoms with Crippen LogP contribution >= 0.6 is 0 Å². The summed E-state index contributed by atoms with van der Waals surface area (Å²) in [6.45, 7) is 1.32. The summed E-state index contributed by atoms with van der Waals surface area (Å²) in [5, 5.41) is 6.50. The molecule has 0 radical (unpaired) electrons. The Morgan fingerprint density at radius 2 is 1.44 bits per heavy atom. The first kappa shape index (κ1) is 18.6. The Morgan fingerprint density at radius 1 is 0.852 bits per heavy atom. The zero-order valence-electron chi connectivity index (χ0n) is 15.3. The van der Waals surface area contributed by atoms with Crippen molar-refractivity contribution >= 4 is 11.6 Å². The molecule has 27 heavy (non-hydrogen) atoms. The van der Waals surface area contributed by atoms with Crippen molar-refractivity contribution in [1.29, 1.82) is 0 Å². The number of benzene rings is 2.